The van der Waals surface area contributed by atoms with Gasteiger partial charge in [0, 0.05) is 6.54 Å². The number of aliphatic hydroxyl groups is 1. The van der Waals surface area contributed by atoms with E-state index in [9.17, 15) is 8.78 Å². The summed E-state index contributed by atoms with van der Waals surface area (Å²) in [4.78, 5) is 0. The van der Waals surface area contributed by atoms with Crippen LogP contribution in [0, 0.1) is 11.6 Å². The molecule has 0 aliphatic rings. The molecule has 5 heteroatoms. The monoisotopic (exact) mass is 265 g/mol. The van der Waals surface area contributed by atoms with Gasteiger partial charge in [0.05, 0.1) is 6.61 Å². The van der Waals surface area contributed by atoms with Crippen LogP contribution in [-0.4, -0.2) is 5.11 Å². The largest absolute Gasteiger partial charge is 0.451 e. The van der Waals surface area contributed by atoms with Gasteiger partial charge in [-0.1, -0.05) is 12.1 Å². The first-order valence-corrected chi connectivity index (χ1v) is 5.69. The van der Waals surface area contributed by atoms with Crippen molar-refractivity contribution in [1.82, 2.24) is 0 Å². The molecule has 2 aromatic rings. The van der Waals surface area contributed by atoms with Crippen molar-refractivity contribution in [2.45, 2.75) is 13.2 Å². The molecule has 0 bridgehead atoms. The lowest BCUT2D eigenvalue weighted by molar-refractivity contribution is 0.281. The van der Waals surface area contributed by atoms with Crippen LogP contribution in [0.25, 0.3) is 0 Å². The molecule has 2 aromatic carbocycles. The highest BCUT2D eigenvalue weighted by Crippen LogP contribution is 2.28. The third-order valence-corrected chi connectivity index (χ3v) is 2.62. The van der Waals surface area contributed by atoms with Crippen molar-refractivity contribution < 1.29 is 18.6 Å². The van der Waals surface area contributed by atoms with E-state index in [1.165, 1.54) is 12.1 Å². The molecular weight excluding hydrogens is 252 g/mol. The molecule has 0 aromatic heterocycles. The standard InChI is InChI=1S/C14H13F2NO2/c15-12-5-10(7-17)6-13(16)14(12)19-11-3-1-9(8-18)2-4-11/h1-6,18H,7-8,17H2. The van der Waals surface area contributed by atoms with E-state index in [0.29, 0.717) is 11.1 Å². The Hall–Kier alpha value is -1.98. The third kappa shape index (κ3) is 3.07. The molecule has 3 N–H and O–H groups in total. The van der Waals surface area contributed by atoms with Gasteiger partial charge in [0.25, 0.3) is 0 Å². The fraction of sp³-hybridized carbons (Fsp3) is 0.143. The second kappa shape index (κ2) is 5.77. The van der Waals surface area contributed by atoms with Gasteiger partial charge in [-0.15, -0.1) is 0 Å². The summed E-state index contributed by atoms with van der Waals surface area (Å²) in [5.41, 5.74) is 6.37. The minimum atomic E-state index is -0.799. The summed E-state index contributed by atoms with van der Waals surface area (Å²) in [6, 6.07) is 8.56. The maximum atomic E-state index is 13.7. The zero-order chi connectivity index (χ0) is 13.8. The predicted molar refractivity (Wildman–Crippen MR) is 66.7 cm³/mol. The van der Waals surface area contributed by atoms with Crippen LogP contribution in [-0.2, 0) is 13.2 Å². The molecule has 0 radical (unpaired) electrons. The van der Waals surface area contributed by atoms with Crippen LogP contribution in [0.2, 0.25) is 0 Å². The van der Waals surface area contributed by atoms with Gasteiger partial charge >= 0.3 is 0 Å². The molecule has 2 rings (SSSR count). The van der Waals surface area contributed by atoms with Gasteiger partial charge in [0.1, 0.15) is 5.75 Å². The Morgan fingerprint density at radius 2 is 1.58 bits per heavy atom. The van der Waals surface area contributed by atoms with Gasteiger partial charge in [-0.05, 0) is 35.4 Å². The molecule has 0 saturated carbocycles. The Morgan fingerprint density at radius 1 is 1.00 bits per heavy atom. The average molecular weight is 265 g/mol. The first kappa shape index (κ1) is 13.5. The molecule has 19 heavy (non-hydrogen) atoms. The van der Waals surface area contributed by atoms with Crippen LogP contribution in [0.5, 0.6) is 11.5 Å². The van der Waals surface area contributed by atoms with E-state index in [0.717, 1.165) is 12.1 Å². The third-order valence-electron chi connectivity index (χ3n) is 2.62. The minimum absolute atomic E-state index is 0.0549. The molecule has 0 heterocycles. The Balaban J connectivity index is 2.27. The Kier molecular flexibility index (Phi) is 4.09. The summed E-state index contributed by atoms with van der Waals surface area (Å²) in [7, 11) is 0. The van der Waals surface area contributed by atoms with E-state index in [4.69, 9.17) is 15.6 Å². The summed E-state index contributed by atoms with van der Waals surface area (Å²) in [6.07, 6.45) is 0. The lowest BCUT2D eigenvalue weighted by Gasteiger charge is -2.09. The Morgan fingerprint density at radius 3 is 2.05 bits per heavy atom. The maximum absolute atomic E-state index is 13.7. The van der Waals surface area contributed by atoms with E-state index >= 15 is 0 Å². The summed E-state index contributed by atoms with van der Waals surface area (Å²) in [6.45, 7) is -0.0481. The molecule has 0 amide bonds. The molecule has 3 nitrogen and oxygen atoms in total. The van der Waals surface area contributed by atoms with Gasteiger partial charge in [0.2, 0.25) is 0 Å². The highest BCUT2D eigenvalue weighted by molar-refractivity contribution is 5.36. The first-order valence-electron chi connectivity index (χ1n) is 5.69. The van der Waals surface area contributed by atoms with Crippen molar-refractivity contribution in [2.75, 3.05) is 0 Å². The number of aliphatic hydroxyl groups excluding tert-OH is 1. The molecule has 0 aliphatic carbocycles. The quantitative estimate of drug-likeness (QED) is 0.893. The number of benzene rings is 2. The van der Waals surface area contributed by atoms with Crippen LogP contribution < -0.4 is 10.5 Å². The average Bonchev–Trinajstić information content (AvgIpc) is 2.43. The molecule has 0 aliphatic heterocycles. The smallest absolute Gasteiger partial charge is 0.198 e. The zero-order valence-corrected chi connectivity index (χ0v) is 10.1. The van der Waals surface area contributed by atoms with Crippen molar-refractivity contribution in [3.63, 3.8) is 0 Å². The van der Waals surface area contributed by atoms with Crippen LogP contribution in [0.1, 0.15) is 11.1 Å². The number of nitrogens with two attached hydrogens (primary N) is 1. The number of rotatable bonds is 4. The highest BCUT2D eigenvalue weighted by Gasteiger charge is 2.13. The topological polar surface area (TPSA) is 55.5 Å². The number of hydrogen-bond donors (Lipinski definition) is 2. The lowest BCUT2D eigenvalue weighted by Crippen LogP contribution is -2.00. The van der Waals surface area contributed by atoms with Crippen LogP contribution in [0.15, 0.2) is 36.4 Å². The van der Waals surface area contributed by atoms with Crippen molar-refractivity contribution in [2.24, 2.45) is 5.73 Å². The zero-order valence-electron chi connectivity index (χ0n) is 10.1. The fourth-order valence-corrected chi connectivity index (χ4v) is 1.61. The number of ether oxygens (including phenoxy) is 1. The van der Waals surface area contributed by atoms with Crippen LogP contribution in [0.4, 0.5) is 8.78 Å². The second-order valence-corrected chi connectivity index (χ2v) is 4.00. The van der Waals surface area contributed by atoms with Crippen molar-refractivity contribution in [3.05, 3.63) is 59.2 Å². The molecule has 0 unspecified atom stereocenters. The van der Waals surface area contributed by atoms with Gasteiger partial charge in [-0.25, -0.2) is 8.78 Å². The SMILES string of the molecule is NCc1cc(F)c(Oc2ccc(CO)cc2)c(F)c1. The summed E-state index contributed by atoms with van der Waals surface area (Å²) >= 11 is 0. The maximum Gasteiger partial charge on any atom is 0.198 e. The summed E-state index contributed by atoms with van der Waals surface area (Å²) < 4.78 is 32.5. The molecular formula is C14H13F2NO2. The fourth-order valence-electron chi connectivity index (χ4n) is 1.61. The van der Waals surface area contributed by atoms with Crippen molar-refractivity contribution >= 4 is 0 Å². The molecule has 0 atom stereocenters. The van der Waals surface area contributed by atoms with E-state index in [-0.39, 0.29) is 18.9 Å². The summed E-state index contributed by atoms with van der Waals surface area (Å²) in [5.74, 6) is -1.78. The number of halogens is 2. The first-order chi connectivity index (χ1) is 9.13. The van der Waals surface area contributed by atoms with Gasteiger partial charge in [-0.3, -0.25) is 0 Å². The molecule has 0 spiro atoms. The van der Waals surface area contributed by atoms with Crippen LogP contribution in [0.3, 0.4) is 0 Å². The van der Waals surface area contributed by atoms with Gasteiger partial charge < -0.3 is 15.6 Å². The van der Waals surface area contributed by atoms with Crippen LogP contribution >= 0.6 is 0 Å². The normalized spacial score (nSPS) is 10.5. The molecule has 100 valence electrons. The lowest BCUT2D eigenvalue weighted by atomic mass is 10.2. The van der Waals surface area contributed by atoms with Gasteiger partial charge in [-0.2, -0.15) is 0 Å². The number of hydrogen-bond acceptors (Lipinski definition) is 3. The van der Waals surface area contributed by atoms with Crippen molar-refractivity contribution in [1.29, 1.82) is 0 Å². The van der Waals surface area contributed by atoms with E-state index in [2.05, 4.69) is 0 Å². The summed E-state index contributed by atoms with van der Waals surface area (Å²) in [5, 5.41) is 8.89. The Bertz CT molecular complexity index is 547. The van der Waals surface area contributed by atoms with Gasteiger partial charge in [0.15, 0.2) is 17.4 Å². The Labute approximate surface area is 109 Å². The van der Waals surface area contributed by atoms with Crippen molar-refractivity contribution in [3.8, 4) is 11.5 Å². The second-order valence-electron chi connectivity index (χ2n) is 4.00. The molecule has 0 fully saturated rings. The van der Waals surface area contributed by atoms with E-state index in [1.807, 2.05) is 0 Å². The highest BCUT2D eigenvalue weighted by atomic mass is 19.1. The van der Waals surface area contributed by atoms with E-state index < -0.39 is 17.4 Å². The molecule has 0 saturated heterocycles. The predicted octanol–water partition coefficient (Wildman–Crippen LogP) is 2.71. The minimum Gasteiger partial charge on any atom is -0.451 e. The van der Waals surface area contributed by atoms with E-state index in [1.54, 1.807) is 12.1 Å².